The molecule has 1 aromatic heterocycles. The standard InChI is InChI=1S/C19H22N2O3/c1-2-21(13-15-8-11-23-14-15)19(22)16-4-3-5-18(12-16)24-17-6-9-20-10-7-17/h3-7,9-10,12,15H,2,8,11,13-14H2,1H3/t15-/m0/s1. The van der Waals surface area contributed by atoms with Gasteiger partial charge < -0.3 is 14.4 Å². The molecule has 1 aromatic carbocycles. The summed E-state index contributed by atoms with van der Waals surface area (Å²) in [5.74, 6) is 1.81. The molecule has 1 aliphatic rings. The van der Waals surface area contributed by atoms with Gasteiger partial charge in [0.2, 0.25) is 0 Å². The van der Waals surface area contributed by atoms with Crippen LogP contribution in [0.25, 0.3) is 0 Å². The number of amides is 1. The van der Waals surface area contributed by atoms with E-state index in [0.717, 1.165) is 26.2 Å². The van der Waals surface area contributed by atoms with Crippen molar-refractivity contribution < 1.29 is 14.3 Å². The second-order valence-corrected chi connectivity index (χ2v) is 5.89. The van der Waals surface area contributed by atoms with Crippen molar-refractivity contribution in [1.82, 2.24) is 9.88 Å². The van der Waals surface area contributed by atoms with E-state index in [1.54, 1.807) is 30.6 Å². The first-order valence-electron chi connectivity index (χ1n) is 8.31. The number of ether oxygens (including phenoxy) is 2. The van der Waals surface area contributed by atoms with E-state index in [-0.39, 0.29) is 5.91 Å². The Hall–Kier alpha value is -2.40. The van der Waals surface area contributed by atoms with Gasteiger partial charge >= 0.3 is 0 Å². The Morgan fingerprint density at radius 1 is 1.29 bits per heavy atom. The molecule has 0 bridgehead atoms. The van der Waals surface area contributed by atoms with E-state index in [0.29, 0.717) is 29.5 Å². The lowest BCUT2D eigenvalue weighted by Crippen LogP contribution is -2.35. The van der Waals surface area contributed by atoms with Crippen LogP contribution in [0.15, 0.2) is 48.8 Å². The van der Waals surface area contributed by atoms with Crippen molar-refractivity contribution in [2.75, 3.05) is 26.3 Å². The Bertz CT molecular complexity index is 669. The fourth-order valence-corrected chi connectivity index (χ4v) is 2.81. The van der Waals surface area contributed by atoms with Crippen molar-refractivity contribution >= 4 is 5.91 Å². The lowest BCUT2D eigenvalue weighted by Gasteiger charge is -2.24. The summed E-state index contributed by atoms with van der Waals surface area (Å²) in [5, 5.41) is 0. The molecule has 2 aromatic rings. The molecule has 0 aliphatic carbocycles. The first-order chi connectivity index (χ1) is 11.8. The molecule has 1 atom stereocenters. The molecule has 3 rings (SSSR count). The number of rotatable bonds is 6. The summed E-state index contributed by atoms with van der Waals surface area (Å²) in [6.07, 6.45) is 4.37. The summed E-state index contributed by atoms with van der Waals surface area (Å²) in [6, 6.07) is 10.9. The number of hydrogen-bond acceptors (Lipinski definition) is 4. The van der Waals surface area contributed by atoms with Gasteiger partial charge in [0.25, 0.3) is 5.91 Å². The van der Waals surface area contributed by atoms with Crippen LogP contribution in [0.2, 0.25) is 0 Å². The fraction of sp³-hybridized carbons (Fsp3) is 0.368. The molecule has 5 nitrogen and oxygen atoms in total. The minimum Gasteiger partial charge on any atom is -0.457 e. The monoisotopic (exact) mass is 326 g/mol. The zero-order chi connectivity index (χ0) is 16.8. The van der Waals surface area contributed by atoms with Crippen molar-refractivity contribution in [3.63, 3.8) is 0 Å². The number of nitrogens with zero attached hydrogens (tertiary/aromatic N) is 2. The van der Waals surface area contributed by atoms with Crippen molar-refractivity contribution in [2.45, 2.75) is 13.3 Å². The van der Waals surface area contributed by atoms with Crippen LogP contribution >= 0.6 is 0 Å². The number of benzene rings is 1. The molecule has 1 fully saturated rings. The predicted octanol–water partition coefficient (Wildman–Crippen LogP) is 3.37. The van der Waals surface area contributed by atoms with E-state index in [4.69, 9.17) is 9.47 Å². The Morgan fingerprint density at radius 2 is 2.12 bits per heavy atom. The quantitative estimate of drug-likeness (QED) is 0.817. The second kappa shape index (κ2) is 7.93. The molecule has 0 N–H and O–H groups in total. The Labute approximate surface area is 142 Å². The van der Waals surface area contributed by atoms with Gasteiger partial charge in [-0.05, 0) is 43.7 Å². The van der Waals surface area contributed by atoms with Crippen LogP contribution in [-0.4, -0.2) is 42.1 Å². The predicted molar refractivity (Wildman–Crippen MR) is 91.3 cm³/mol. The van der Waals surface area contributed by atoms with Gasteiger partial charge in [0.05, 0.1) is 6.61 Å². The van der Waals surface area contributed by atoms with Crippen LogP contribution < -0.4 is 4.74 Å². The molecule has 0 spiro atoms. The molecule has 1 saturated heterocycles. The Morgan fingerprint density at radius 3 is 2.83 bits per heavy atom. The summed E-state index contributed by atoms with van der Waals surface area (Å²) in [7, 11) is 0. The topological polar surface area (TPSA) is 51.7 Å². The van der Waals surface area contributed by atoms with E-state index in [2.05, 4.69) is 4.98 Å². The van der Waals surface area contributed by atoms with Gasteiger partial charge in [-0.25, -0.2) is 0 Å². The molecular formula is C19H22N2O3. The zero-order valence-electron chi connectivity index (χ0n) is 13.9. The minimum absolute atomic E-state index is 0.0320. The van der Waals surface area contributed by atoms with Gasteiger partial charge in [-0.15, -0.1) is 0 Å². The molecule has 2 heterocycles. The van der Waals surface area contributed by atoms with Gasteiger partial charge in [-0.1, -0.05) is 6.07 Å². The number of pyridine rings is 1. The maximum absolute atomic E-state index is 12.8. The normalized spacial score (nSPS) is 16.8. The van der Waals surface area contributed by atoms with Gasteiger partial charge in [-0.2, -0.15) is 0 Å². The third kappa shape index (κ3) is 4.11. The average molecular weight is 326 g/mol. The van der Waals surface area contributed by atoms with E-state index in [1.807, 2.05) is 30.0 Å². The second-order valence-electron chi connectivity index (χ2n) is 5.89. The molecule has 1 aliphatic heterocycles. The Kier molecular flexibility index (Phi) is 5.43. The van der Waals surface area contributed by atoms with Crippen molar-refractivity contribution in [1.29, 1.82) is 0 Å². The third-order valence-electron chi connectivity index (χ3n) is 4.14. The molecule has 0 radical (unpaired) electrons. The number of carbonyl (C=O) groups is 1. The largest absolute Gasteiger partial charge is 0.457 e. The van der Waals surface area contributed by atoms with E-state index in [9.17, 15) is 4.79 Å². The maximum atomic E-state index is 12.8. The zero-order valence-corrected chi connectivity index (χ0v) is 13.9. The van der Waals surface area contributed by atoms with Gasteiger partial charge in [0.15, 0.2) is 0 Å². The van der Waals surface area contributed by atoms with Crippen LogP contribution in [0.4, 0.5) is 0 Å². The first kappa shape index (κ1) is 16.5. The SMILES string of the molecule is CCN(C[C@@H]1CCOC1)C(=O)c1cccc(Oc2ccncc2)c1. The van der Waals surface area contributed by atoms with Gasteiger partial charge in [0, 0.05) is 43.6 Å². The highest BCUT2D eigenvalue weighted by molar-refractivity contribution is 5.94. The average Bonchev–Trinajstić information content (AvgIpc) is 3.13. The van der Waals surface area contributed by atoms with Crippen molar-refractivity contribution in [3.05, 3.63) is 54.4 Å². The van der Waals surface area contributed by atoms with E-state index < -0.39 is 0 Å². The van der Waals surface area contributed by atoms with Crippen LogP contribution in [0, 0.1) is 5.92 Å². The minimum atomic E-state index is 0.0320. The molecule has 0 unspecified atom stereocenters. The number of hydrogen-bond donors (Lipinski definition) is 0. The van der Waals surface area contributed by atoms with Crippen LogP contribution in [-0.2, 0) is 4.74 Å². The highest BCUT2D eigenvalue weighted by atomic mass is 16.5. The summed E-state index contributed by atoms with van der Waals surface area (Å²) in [6.45, 7) is 4.97. The maximum Gasteiger partial charge on any atom is 0.253 e. The molecular weight excluding hydrogens is 304 g/mol. The smallest absolute Gasteiger partial charge is 0.253 e. The van der Waals surface area contributed by atoms with E-state index in [1.165, 1.54) is 0 Å². The third-order valence-corrected chi connectivity index (χ3v) is 4.14. The number of aromatic nitrogens is 1. The molecule has 126 valence electrons. The van der Waals surface area contributed by atoms with Gasteiger partial charge in [-0.3, -0.25) is 9.78 Å². The lowest BCUT2D eigenvalue weighted by atomic mass is 10.1. The highest BCUT2D eigenvalue weighted by Gasteiger charge is 2.22. The summed E-state index contributed by atoms with van der Waals surface area (Å²) in [5.41, 5.74) is 0.641. The molecule has 5 heteroatoms. The van der Waals surface area contributed by atoms with Crippen molar-refractivity contribution in [3.8, 4) is 11.5 Å². The fourth-order valence-electron chi connectivity index (χ4n) is 2.81. The van der Waals surface area contributed by atoms with Gasteiger partial charge in [0.1, 0.15) is 11.5 Å². The summed E-state index contributed by atoms with van der Waals surface area (Å²) in [4.78, 5) is 18.6. The molecule has 1 amide bonds. The Balaban J connectivity index is 1.70. The van der Waals surface area contributed by atoms with Crippen molar-refractivity contribution in [2.24, 2.45) is 5.92 Å². The van der Waals surface area contributed by atoms with Crippen LogP contribution in [0.3, 0.4) is 0 Å². The highest BCUT2D eigenvalue weighted by Crippen LogP contribution is 2.22. The summed E-state index contributed by atoms with van der Waals surface area (Å²) >= 11 is 0. The number of carbonyl (C=O) groups excluding carboxylic acids is 1. The van der Waals surface area contributed by atoms with Crippen LogP contribution in [0.5, 0.6) is 11.5 Å². The van der Waals surface area contributed by atoms with E-state index >= 15 is 0 Å². The summed E-state index contributed by atoms with van der Waals surface area (Å²) < 4.78 is 11.2. The lowest BCUT2D eigenvalue weighted by molar-refractivity contribution is 0.0730. The molecule has 24 heavy (non-hydrogen) atoms. The molecule has 0 saturated carbocycles. The van der Waals surface area contributed by atoms with Crippen LogP contribution in [0.1, 0.15) is 23.7 Å². The first-order valence-corrected chi connectivity index (χ1v) is 8.31.